The van der Waals surface area contributed by atoms with Crippen molar-refractivity contribution in [3.63, 3.8) is 0 Å². The predicted octanol–water partition coefficient (Wildman–Crippen LogP) is 2.39. The second-order valence-electron chi connectivity index (χ2n) is 6.30. The van der Waals surface area contributed by atoms with Crippen LogP contribution in [0.15, 0.2) is 11.6 Å². The zero-order chi connectivity index (χ0) is 16.6. The van der Waals surface area contributed by atoms with Crippen LogP contribution in [-0.2, 0) is 24.8 Å². The molecule has 0 fully saturated rings. The summed E-state index contributed by atoms with van der Waals surface area (Å²) in [6, 6.07) is -0.198. The van der Waals surface area contributed by atoms with Gasteiger partial charge < -0.3 is 9.88 Å². The number of carbonyl (C=O) groups is 1. The predicted molar refractivity (Wildman–Crippen MR) is 91.6 cm³/mol. The molecule has 6 nitrogen and oxygen atoms in total. The normalized spacial score (nSPS) is 16.4. The highest BCUT2D eigenvalue weighted by atomic mass is 32.1. The van der Waals surface area contributed by atoms with Crippen LogP contribution in [0.4, 0.5) is 5.13 Å². The van der Waals surface area contributed by atoms with E-state index in [-0.39, 0.29) is 11.9 Å². The zero-order valence-electron chi connectivity index (χ0n) is 14.0. The lowest BCUT2D eigenvalue weighted by Gasteiger charge is -2.31. The Bertz CT molecular complexity index is 692. The molecule has 1 N–H and O–H groups in total. The lowest BCUT2D eigenvalue weighted by molar-refractivity contribution is -0.121. The van der Waals surface area contributed by atoms with Crippen LogP contribution in [0.3, 0.4) is 0 Å². The first-order valence-corrected chi connectivity index (χ1v) is 8.84. The second kappa shape index (κ2) is 6.41. The van der Waals surface area contributed by atoms with Crippen LogP contribution in [0.2, 0.25) is 0 Å². The molecule has 1 aliphatic rings. The Hall–Kier alpha value is -1.73. The van der Waals surface area contributed by atoms with Crippen molar-refractivity contribution < 1.29 is 4.79 Å². The van der Waals surface area contributed by atoms with E-state index in [1.165, 1.54) is 17.0 Å². The smallest absolute Gasteiger partial charge is 0.243 e. The van der Waals surface area contributed by atoms with Crippen LogP contribution in [0.1, 0.15) is 43.9 Å². The highest BCUT2D eigenvalue weighted by molar-refractivity contribution is 7.13. The van der Waals surface area contributed by atoms with Crippen LogP contribution in [0, 0.1) is 0 Å². The molecule has 23 heavy (non-hydrogen) atoms. The summed E-state index contributed by atoms with van der Waals surface area (Å²) < 4.78 is 2.22. The van der Waals surface area contributed by atoms with Crippen molar-refractivity contribution in [2.24, 2.45) is 7.05 Å². The minimum absolute atomic E-state index is 0.0107. The molecule has 1 atom stereocenters. The number of fused-ring (bicyclic) bond motifs is 1. The van der Waals surface area contributed by atoms with Crippen molar-refractivity contribution >= 4 is 22.4 Å². The van der Waals surface area contributed by atoms with Crippen molar-refractivity contribution in [3.05, 3.63) is 28.8 Å². The van der Waals surface area contributed by atoms with Crippen molar-refractivity contribution in [1.82, 2.24) is 19.4 Å². The van der Waals surface area contributed by atoms with Gasteiger partial charge in [-0.05, 0) is 6.92 Å². The number of hydrogen-bond donors (Lipinski definition) is 1. The summed E-state index contributed by atoms with van der Waals surface area (Å²) in [4.78, 5) is 23.5. The van der Waals surface area contributed by atoms with E-state index in [0.717, 1.165) is 31.0 Å². The Morgan fingerprint density at radius 3 is 2.83 bits per heavy atom. The van der Waals surface area contributed by atoms with E-state index in [4.69, 9.17) is 4.98 Å². The molecule has 7 heteroatoms. The van der Waals surface area contributed by atoms with E-state index >= 15 is 0 Å². The first-order valence-electron chi connectivity index (χ1n) is 7.96. The molecule has 0 saturated carbocycles. The van der Waals surface area contributed by atoms with Crippen LogP contribution in [0.5, 0.6) is 0 Å². The summed E-state index contributed by atoms with van der Waals surface area (Å²) in [6.07, 6.45) is 2.62. The SMILES string of the molecule is CC(C)c1nc2c(n1C)CCN([C@@H](C)C(=O)Nc1nccs1)C2. The number of anilines is 1. The quantitative estimate of drug-likeness (QED) is 0.933. The summed E-state index contributed by atoms with van der Waals surface area (Å²) in [7, 11) is 2.09. The summed E-state index contributed by atoms with van der Waals surface area (Å²) in [5.74, 6) is 1.52. The number of thiazole rings is 1. The van der Waals surface area contributed by atoms with Gasteiger partial charge in [-0.3, -0.25) is 9.69 Å². The van der Waals surface area contributed by atoms with Gasteiger partial charge in [0.2, 0.25) is 5.91 Å². The summed E-state index contributed by atoms with van der Waals surface area (Å²) >= 11 is 1.44. The topological polar surface area (TPSA) is 63.1 Å². The van der Waals surface area contributed by atoms with Gasteiger partial charge in [0.05, 0.1) is 11.7 Å². The number of carbonyl (C=O) groups excluding carboxylic acids is 1. The van der Waals surface area contributed by atoms with Gasteiger partial charge in [-0.2, -0.15) is 0 Å². The number of aromatic nitrogens is 3. The molecular weight excluding hydrogens is 310 g/mol. The number of nitrogens with one attached hydrogen (secondary N) is 1. The third-order valence-electron chi connectivity index (χ3n) is 4.43. The first-order chi connectivity index (χ1) is 11.0. The third kappa shape index (κ3) is 3.16. The molecule has 0 aromatic carbocycles. The van der Waals surface area contributed by atoms with E-state index in [0.29, 0.717) is 11.0 Å². The molecule has 0 bridgehead atoms. The van der Waals surface area contributed by atoms with Gasteiger partial charge >= 0.3 is 0 Å². The van der Waals surface area contributed by atoms with E-state index in [1.807, 2.05) is 12.3 Å². The molecule has 3 heterocycles. The van der Waals surface area contributed by atoms with Crippen molar-refractivity contribution in [2.75, 3.05) is 11.9 Å². The van der Waals surface area contributed by atoms with Gasteiger partial charge in [0.25, 0.3) is 0 Å². The molecule has 0 unspecified atom stereocenters. The van der Waals surface area contributed by atoms with Crippen LogP contribution >= 0.6 is 11.3 Å². The van der Waals surface area contributed by atoms with Gasteiger partial charge in [0.1, 0.15) is 5.82 Å². The standard InChI is InChI=1S/C16H23N5OS/c1-10(2)14-18-12-9-21(7-5-13(12)20(14)4)11(3)15(22)19-16-17-6-8-23-16/h6,8,10-11H,5,7,9H2,1-4H3,(H,17,19,22)/t11-/m0/s1. The highest BCUT2D eigenvalue weighted by Gasteiger charge is 2.29. The molecular formula is C16H23N5OS. The fourth-order valence-corrected chi connectivity index (χ4v) is 3.61. The Kier molecular flexibility index (Phi) is 4.50. The Morgan fingerprint density at radius 2 is 2.17 bits per heavy atom. The van der Waals surface area contributed by atoms with E-state index in [2.05, 4.69) is 40.7 Å². The first kappa shape index (κ1) is 16.1. The fraction of sp³-hybridized carbons (Fsp3) is 0.562. The molecule has 0 saturated heterocycles. The van der Waals surface area contributed by atoms with Crippen LogP contribution in [-0.4, -0.2) is 37.9 Å². The molecule has 0 radical (unpaired) electrons. The number of amides is 1. The molecule has 2 aromatic heterocycles. The summed E-state index contributed by atoms with van der Waals surface area (Å²) in [6.45, 7) is 7.87. The van der Waals surface area contributed by atoms with Gasteiger partial charge in [-0.15, -0.1) is 11.3 Å². The maximum absolute atomic E-state index is 12.4. The lowest BCUT2D eigenvalue weighted by atomic mass is 10.1. The molecule has 0 aliphatic carbocycles. The zero-order valence-corrected chi connectivity index (χ0v) is 14.9. The number of rotatable bonds is 4. The number of nitrogens with zero attached hydrogens (tertiary/aromatic N) is 4. The van der Waals surface area contributed by atoms with Crippen LogP contribution in [0.25, 0.3) is 0 Å². The number of imidazole rings is 1. The molecule has 3 rings (SSSR count). The third-order valence-corrected chi connectivity index (χ3v) is 5.11. The lowest BCUT2D eigenvalue weighted by Crippen LogP contribution is -2.44. The summed E-state index contributed by atoms with van der Waals surface area (Å²) in [5, 5.41) is 5.39. The number of hydrogen-bond acceptors (Lipinski definition) is 5. The van der Waals surface area contributed by atoms with Crippen molar-refractivity contribution in [1.29, 1.82) is 0 Å². The average molecular weight is 333 g/mol. The van der Waals surface area contributed by atoms with Gasteiger partial charge in [0.15, 0.2) is 5.13 Å². The fourth-order valence-electron chi connectivity index (χ4n) is 3.08. The largest absolute Gasteiger partial charge is 0.335 e. The maximum atomic E-state index is 12.4. The average Bonchev–Trinajstić information content (AvgIpc) is 3.14. The minimum Gasteiger partial charge on any atom is -0.335 e. The van der Waals surface area contributed by atoms with Gasteiger partial charge in [-0.1, -0.05) is 13.8 Å². The van der Waals surface area contributed by atoms with E-state index in [9.17, 15) is 4.79 Å². The molecule has 2 aromatic rings. The van der Waals surface area contributed by atoms with E-state index in [1.54, 1.807) is 6.20 Å². The molecule has 0 spiro atoms. The highest BCUT2D eigenvalue weighted by Crippen LogP contribution is 2.24. The van der Waals surface area contributed by atoms with E-state index < -0.39 is 0 Å². The molecule has 1 amide bonds. The van der Waals surface area contributed by atoms with Crippen molar-refractivity contribution in [2.45, 2.75) is 45.7 Å². The molecule has 1 aliphatic heterocycles. The Morgan fingerprint density at radius 1 is 1.39 bits per heavy atom. The van der Waals surface area contributed by atoms with Crippen LogP contribution < -0.4 is 5.32 Å². The Balaban J connectivity index is 1.71. The van der Waals surface area contributed by atoms with Crippen molar-refractivity contribution in [3.8, 4) is 0 Å². The second-order valence-corrected chi connectivity index (χ2v) is 7.19. The van der Waals surface area contributed by atoms with Gasteiger partial charge in [-0.25, -0.2) is 9.97 Å². The molecule has 124 valence electrons. The summed E-state index contributed by atoms with van der Waals surface area (Å²) in [5.41, 5.74) is 2.41. The monoisotopic (exact) mass is 333 g/mol. The maximum Gasteiger partial charge on any atom is 0.243 e. The van der Waals surface area contributed by atoms with Gasteiger partial charge in [0, 0.05) is 49.7 Å². The minimum atomic E-state index is -0.198. The Labute approximate surface area is 140 Å².